The minimum atomic E-state index is -3.93. The molecule has 118 valence electrons. The van der Waals surface area contributed by atoms with Gasteiger partial charge in [-0.15, -0.1) is 0 Å². The standard InChI is InChI=1S/C12H17FN2O4S2/c13-11-2-1-3-12(10(11)8-14)21(18,19)15-9-4-6-20(16,17)7-5-9/h1-3,9,15H,4-8,14H2. The zero-order valence-electron chi connectivity index (χ0n) is 11.2. The van der Waals surface area contributed by atoms with Crippen LogP contribution in [0.2, 0.25) is 0 Å². The molecule has 0 unspecified atom stereocenters. The zero-order chi connectivity index (χ0) is 15.7. The van der Waals surface area contributed by atoms with Gasteiger partial charge in [-0.1, -0.05) is 6.07 Å². The monoisotopic (exact) mass is 336 g/mol. The Morgan fingerprint density at radius 1 is 1.29 bits per heavy atom. The topological polar surface area (TPSA) is 106 Å². The Balaban J connectivity index is 2.22. The van der Waals surface area contributed by atoms with E-state index in [0.717, 1.165) is 6.07 Å². The third kappa shape index (κ3) is 3.79. The molecule has 1 aliphatic heterocycles. The fraction of sp³-hybridized carbons (Fsp3) is 0.500. The van der Waals surface area contributed by atoms with E-state index in [9.17, 15) is 21.2 Å². The molecule has 9 heteroatoms. The molecule has 1 aromatic rings. The Labute approximate surface area is 123 Å². The summed E-state index contributed by atoms with van der Waals surface area (Å²) in [5.41, 5.74) is 5.33. The molecule has 1 saturated heterocycles. The summed E-state index contributed by atoms with van der Waals surface area (Å²) in [6, 6.07) is 3.27. The molecule has 1 heterocycles. The first kappa shape index (κ1) is 16.3. The Morgan fingerprint density at radius 2 is 1.90 bits per heavy atom. The van der Waals surface area contributed by atoms with Gasteiger partial charge in [0.1, 0.15) is 15.7 Å². The van der Waals surface area contributed by atoms with Gasteiger partial charge in [0.15, 0.2) is 0 Å². The van der Waals surface area contributed by atoms with Crippen LogP contribution in [-0.4, -0.2) is 34.4 Å². The van der Waals surface area contributed by atoms with Crippen molar-refractivity contribution in [2.75, 3.05) is 11.5 Å². The van der Waals surface area contributed by atoms with Gasteiger partial charge >= 0.3 is 0 Å². The van der Waals surface area contributed by atoms with Crippen molar-refractivity contribution in [3.63, 3.8) is 0 Å². The lowest BCUT2D eigenvalue weighted by Gasteiger charge is -2.23. The molecule has 0 spiro atoms. The SMILES string of the molecule is NCc1c(F)cccc1S(=O)(=O)NC1CCS(=O)(=O)CC1. The van der Waals surface area contributed by atoms with Crippen LogP contribution < -0.4 is 10.5 Å². The van der Waals surface area contributed by atoms with Gasteiger partial charge in [-0.3, -0.25) is 0 Å². The highest BCUT2D eigenvalue weighted by Gasteiger charge is 2.29. The second-order valence-electron chi connectivity index (χ2n) is 4.97. The minimum absolute atomic E-state index is 0.0485. The molecule has 6 nitrogen and oxygen atoms in total. The summed E-state index contributed by atoms with van der Waals surface area (Å²) >= 11 is 0. The number of benzene rings is 1. The molecule has 3 N–H and O–H groups in total. The van der Waals surface area contributed by atoms with E-state index in [0.29, 0.717) is 0 Å². The van der Waals surface area contributed by atoms with Crippen LogP contribution in [0, 0.1) is 5.82 Å². The molecule has 0 atom stereocenters. The molecule has 2 rings (SSSR count). The van der Waals surface area contributed by atoms with Gasteiger partial charge in [0, 0.05) is 18.2 Å². The Bertz CT molecular complexity index is 718. The highest BCUT2D eigenvalue weighted by molar-refractivity contribution is 7.91. The number of nitrogens with two attached hydrogens (primary N) is 1. The van der Waals surface area contributed by atoms with Crippen molar-refractivity contribution in [2.45, 2.75) is 30.3 Å². The van der Waals surface area contributed by atoms with Crippen molar-refractivity contribution in [3.05, 3.63) is 29.6 Å². The van der Waals surface area contributed by atoms with E-state index in [1.807, 2.05) is 0 Å². The second kappa shape index (κ2) is 5.99. The van der Waals surface area contributed by atoms with Gasteiger partial charge in [0.05, 0.1) is 16.4 Å². The molecule has 0 aliphatic carbocycles. The number of sulfone groups is 1. The van der Waals surface area contributed by atoms with E-state index in [1.54, 1.807) is 0 Å². The smallest absolute Gasteiger partial charge is 0.241 e. The highest BCUT2D eigenvalue weighted by atomic mass is 32.2. The number of halogens is 1. The number of rotatable bonds is 4. The summed E-state index contributed by atoms with van der Waals surface area (Å²) in [5, 5.41) is 0. The fourth-order valence-electron chi connectivity index (χ4n) is 2.28. The van der Waals surface area contributed by atoms with Crippen LogP contribution in [0.5, 0.6) is 0 Å². The summed E-state index contributed by atoms with van der Waals surface area (Å²) in [5.74, 6) is -0.772. The van der Waals surface area contributed by atoms with E-state index in [2.05, 4.69) is 4.72 Å². The lowest BCUT2D eigenvalue weighted by molar-refractivity contribution is 0.504. The molecule has 0 amide bonds. The van der Waals surface area contributed by atoms with Crippen molar-refractivity contribution >= 4 is 19.9 Å². The van der Waals surface area contributed by atoms with Crippen molar-refractivity contribution in [1.29, 1.82) is 0 Å². The molecule has 1 aromatic carbocycles. The molecule has 0 aromatic heterocycles. The van der Waals surface area contributed by atoms with Gasteiger partial charge in [0.25, 0.3) is 0 Å². The van der Waals surface area contributed by atoms with Crippen molar-refractivity contribution in [3.8, 4) is 0 Å². The summed E-state index contributed by atoms with van der Waals surface area (Å²) in [6.45, 7) is -0.234. The summed E-state index contributed by atoms with van der Waals surface area (Å²) in [6.07, 6.45) is 0.434. The van der Waals surface area contributed by atoms with Crippen LogP contribution in [0.15, 0.2) is 23.1 Å². The molecule has 1 fully saturated rings. The van der Waals surface area contributed by atoms with Gasteiger partial charge in [-0.25, -0.2) is 25.9 Å². The Hall–Kier alpha value is -1.03. The average molecular weight is 336 g/mol. The summed E-state index contributed by atoms with van der Waals surface area (Å²) < 4.78 is 63.3. The first-order valence-electron chi connectivity index (χ1n) is 6.45. The zero-order valence-corrected chi connectivity index (χ0v) is 12.9. The average Bonchev–Trinajstić information content (AvgIpc) is 2.41. The minimum Gasteiger partial charge on any atom is -0.326 e. The van der Waals surface area contributed by atoms with Crippen LogP contribution in [0.25, 0.3) is 0 Å². The number of hydrogen-bond donors (Lipinski definition) is 2. The first-order chi connectivity index (χ1) is 9.75. The molecule has 1 aliphatic rings. The van der Waals surface area contributed by atoms with Crippen LogP contribution >= 0.6 is 0 Å². The van der Waals surface area contributed by atoms with Crippen molar-refractivity contribution in [1.82, 2.24) is 4.72 Å². The summed E-state index contributed by atoms with van der Waals surface area (Å²) in [4.78, 5) is -0.196. The lowest BCUT2D eigenvalue weighted by atomic mass is 10.2. The molecule has 21 heavy (non-hydrogen) atoms. The largest absolute Gasteiger partial charge is 0.326 e. The van der Waals surface area contributed by atoms with Gasteiger partial charge < -0.3 is 5.73 Å². The van der Waals surface area contributed by atoms with Gasteiger partial charge in [0.2, 0.25) is 10.0 Å². The van der Waals surface area contributed by atoms with Crippen molar-refractivity contribution in [2.24, 2.45) is 5.73 Å². The third-order valence-corrected chi connectivity index (χ3v) is 6.77. The van der Waals surface area contributed by atoms with E-state index >= 15 is 0 Å². The Morgan fingerprint density at radius 3 is 2.48 bits per heavy atom. The predicted molar refractivity (Wildman–Crippen MR) is 76.3 cm³/mol. The summed E-state index contributed by atoms with van der Waals surface area (Å²) in [7, 11) is -7.00. The van der Waals surface area contributed by atoms with Crippen LogP contribution in [0.4, 0.5) is 4.39 Å². The molecular formula is C12H17FN2O4S2. The van der Waals surface area contributed by atoms with E-state index in [1.165, 1.54) is 12.1 Å². The third-order valence-electron chi connectivity index (χ3n) is 3.45. The van der Waals surface area contributed by atoms with Crippen LogP contribution in [-0.2, 0) is 26.4 Å². The molecule has 0 radical (unpaired) electrons. The maximum Gasteiger partial charge on any atom is 0.241 e. The molecular weight excluding hydrogens is 319 g/mol. The second-order valence-corrected chi connectivity index (χ2v) is 8.95. The van der Waals surface area contributed by atoms with Crippen LogP contribution in [0.3, 0.4) is 0 Å². The highest BCUT2D eigenvalue weighted by Crippen LogP contribution is 2.21. The molecule has 0 bridgehead atoms. The maximum absolute atomic E-state index is 13.6. The van der Waals surface area contributed by atoms with Gasteiger partial charge in [-0.2, -0.15) is 0 Å². The lowest BCUT2D eigenvalue weighted by Crippen LogP contribution is -2.41. The fourth-order valence-corrected chi connectivity index (χ4v) is 5.34. The van der Waals surface area contributed by atoms with Crippen LogP contribution in [0.1, 0.15) is 18.4 Å². The van der Waals surface area contributed by atoms with E-state index in [4.69, 9.17) is 5.73 Å². The van der Waals surface area contributed by atoms with Gasteiger partial charge in [-0.05, 0) is 25.0 Å². The van der Waals surface area contributed by atoms with E-state index < -0.39 is 31.7 Å². The number of hydrogen-bond acceptors (Lipinski definition) is 5. The Kier molecular flexibility index (Phi) is 4.66. The van der Waals surface area contributed by atoms with E-state index in [-0.39, 0.29) is 41.4 Å². The van der Waals surface area contributed by atoms with Crippen molar-refractivity contribution < 1.29 is 21.2 Å². The quantitative estimate of drug-likeness (QED) is 0.813. The number of sulfonamides is 1. The maximum atomic E-state index is 13.6. The first-order valence-corrected chi connectivity index (χ1v) is 9.76. The predicted octanol–water partition coefficient (Wildman–Crippen LogP) is 0.140. The normalized spacial score (nSPS) is 19.5. The molecule has 0 saturated carbocycles. The number of nitrogens with one attached hydrogen (secondary N) is 1.